The minimum absolute atomic E-state index is 0.157. The van der Waals surface area contributed by atoms with Crippen molar-refractivity contribution in [1.29, 1.82) is 0 Å². The van der Waals surface area contributed by atoms with Crippen LogP contribution in [0.2, 0.25) is 0 Å². The molecule has 0 aliphatic rings. The summed E-state index contributed by atoms with van der Waals surface area (Å²) in [6.07, 6.45) is -0.157. The Labute approximate surface area is 96.3 Å². The van der Waals surface area contributed by atoms with Crippen LogP contribution in [-0.2, 0) is 4.74 Å². The molecule has 16 heavy (non-hydrogen) atoms. The van der Waals surface area contributed by atoms with Crippen LogP contribution < -0.4 is 15.2 Å². The van der Waals surface area contributed by atoms with Gasteiger partial charge in [-0.3, -0.25) is 0 Å². The van der Waals surface area contributed by atoms with Crippen LogP contribution in [0.3, 0.4) is 0 Å². The van der Waals surface area contributed by atoms with Gasteiger partial charge in [-0.25, -0.2) is 0 Å². The summed E-state index contributed by atoms with van der Waals surface area (Å²) < 4.78 is 16.0. The summed E-state index contributed by atoms with van der Waals surface area (Å²) in [5, 5.41) is 0. The van der Waals surface area contributed by atoms with Gasteiger partial charge in [-0.15, -0.1) is 0 Å². The lowest BCUT2D eigenvalue weighted by Crippen LogP contribution is -2.16. The van der Waals surface area contributed by atoms with E-state index < -0.39 is 0 Å². The molecule has 1 rings (SSSR count). The zero-order chi connectivity index (χ0) is 12.0. The largest absolute Gasteiger partial charge is 0.497 e. The van der Waals surface area contributed by atoms with Crippen LogP contribution in [0, 0.1) is 0 Å². The molecule has 0 heterocycles. The first kappa shape index (κ1) is 12.8. The summed E-state index contributed by atoms with van der Waals surface area (Å²) in [6.45, 7) is 2.97. The van der Waals surface area contributed by atoms with Crippen molar-refractivity contribution in [3.05, 3.63) is 23.8 Å². The number of nitrogens with two attached hydrogens (primary N) is 1. The quantitative estimate of drug-likeness (QED) is 0.801. The molecule has 4 heteroatoms. The normalized spacial score (nSPS) is 12.2. The molecule has 0 aliphatic heterocycles. The summed E-state index contributed by atoms with van der Waals surface area (Å²) in [7, 11) is 3.26. The second kappa shape index (κ2) is 6.35. The first-order chi connectivity index (χ1) is 7.76. The number of benzene rings is 1. The van der Waals surface area contributed by atoms with Gasteiger partial charge in [-0.05, 0) is 25.1 Å². The van der Waals surface area contributed by atoms with Crippen molar-refractivity contribution < 1.29 is 14.2 Å². The molecule has 0 aliphatic carbocycles. The highest BCUT2D eigenvalue weighted by molar-refractivity contribution is 5.41. The number of methoxy groups -OCH3 is 2. The average Bonchev–Trinajstić information content (AvgIpc) is 2.35. The van der Waals surface area contributed by atoms with Gasteiger partial charge in [-0.2, -0.15) is 0 Å². The van der Waals surface area contributed by atoms with Gasteiger partial charge in [0.15, 0.2) is 0 Å². The van der Waals surface area contributed by atoms with E-state index >= 15 is 0 Å². The Hall–Kier alpha value is -1.26. The maximum Gasteiger partial charge on any atom is 0.124 e. The molecule has 0 saturated carbocycles. The van der Waals surface area contributed by atoms with Crippen molar-refractivity contribution in [2.75, 3.05) is 27.4 Å². The van der Waals surface area contributed by atoms with Crippen LogP contribution >= 0.6 is 0 Å². The molecular formula is C12H19NO3. The fraction of sp³-hybridized carbons (Fsp3) is 0.500. The van der Waals surface area contributed by atoms with E-state index in [1.165, 1.54) is 0 Å². The molecule has 0 unspecified atom stereocenters. The van der Waals surface area contributed by atoms with E-state index in [9.17, 15) is 0 Å². The summed E-state index contributed by atoms with van der Waals surface area (Å²) in [6, 6.07) is 5.60. The third-order valence-corrected chi connectivity index (χ3v) is 2.37. The smallest absolute Gasteiger partial charge is 0.124 e. The molecular weight excluding hydrogens is 206 g/mol. The highest BCUT2D eigenvalue weighted by atomic mass is 16.5. The van der Waals surface area contributed by atoms with E-state index in [1.54, 1.807) is 14.2 Å². The third-order valence-electron chi connectivity index (χ3n) is 2.37. The van der Waals surface area contributed by atoms with Crippen molar-refractivity contribution in [1.82, 2.24) is 0 Å². The van der Waals surface area contributed by atoms with Crippen LogP contribution in [0.4, 0.5) is 0 Å². The molecule has 2 N–H and O–H groups in total. The van der Waals surface area contributed by atoms with Gasteiger partial charge in [0.05, 0.1) is 20.3 Å². The summed E-state index contributed by atoms with van der Waals surface area (Å²) in [5.74, 6) is 1.54. The van der Waals surface area contributed by atoms with E-state index in [2.05, 4.69) is 0 Å². The van der Waals surface area contributed by atoms with E-state index in [0.717, 1.165) is 17.1 Å². The predicted molar refractivity (Wildman–Crippen MR) is 63.0 cm³/mol. The van der Waals surface area contributed by atoms with E-state index in [1.807, 2.05) is 25.1 Å². The van der Waals surface area contributed by atoms with E-state index in [4.69, 9.17) is 19.9 Å². The Kier molecular flexibility index (Phi) is 5.08. The van der Waals surface area contributed by atoms with Crippen LogP contribution in [0.15, 0.2) is 18.2 Å². The zero-order valence-electron chi connectivity index (χ0n) is 10.0. The first-order valence-electron chi connectivity index (χ1n) is 5.30. The van der Waals surface area contributed by atoms with Gasteiger partial charge in [0.1, 0.15) is 11.5 Å². The Bertz CT molecular complexity index is 328. The minimum Gasteiger partial charge on any atom is -0.497 e. The molecule has 0 radical (unpaired) electrons. The molecule has 1 aromatic rings. The fourth-order valence-corrected chi connectivity index (χ4v) is 1.58. The number of hydrogen-bond donors (Lipinski definition) is 1. The van der Waals surface area contributed by atoms with Crippen LogP contribution in [0.25, 0.3) is 0 Å². The SMILES string of the molecule is CCO[C@@H](CN)c1cc(OC)ccc1OC. The molecule has 1 aromatic carbocycles. The third kappa shape index (κ3) is 2.87. The molecule has 0 saturated heterocycles. The second-order valence-corrected chi connectivity index (χ2v) is 3.29. The maximum atomic E-state index is 5.68. The van der Waals surface area contributed by atoms with Gasteiger partial charge < -0.3 is 19.9 Å². The average molecular weight is 225 g/mol. The Morgan fingerprint density at radius 2 is 2.00 bits per heavy atom. The number of hydrogen-bond acceptors (Lipinski definition) is 4. The van der Waals surface area contributed by atoms with Gasteiger partial charge in [-0.1, -0.05) is 0 Å². The van der Waals surface area contributed by atoms with Crippen molar-refractivity contribution in [2.24, 2.45) is 5.73 Å². The summed E-state index contributed by atoms with van der Waals surface area (Å²) in [4.78, 5) is 0. The second-order valence-electron chi connectivity index (χ2n) is 3.29. The molecule has 0 spiro atoms. The molecule has 0 fully saturated rings. The predicted octanol–water partition coefficient (Wildman–Crippen LogP) is 1.74. The first-order valence-corrected chi connectivity index (χ1v) is 5.30. The Balaban J connectivity index is 3.05. The Morgan fingerprint density at radius 1 is 1.25 bits per heavy atom. The lowest BCUT2D eigenvalue weighted by atomic mass is 10.1. The molecule has 0 aromatic heterocycles. The van der Waals surface area contributed by atoms with Crippen LogP contribution in [0.5, 0.6) is 11.5 Å². The maximum absolute atomic E-state index is 5.68. The van der Waals surface area contributed by atoms with E-state index in [-0.39, 0.29) is 6.10 Å². The highest BCUT2D eigenvalue weighted by Crippen LogP contribution is 2.30. The zero-order valence-corrected chi connectivity index (χ0v) is 10.0. The van der Waals surface area contributed by atoms with Gasteiger partial charge in [0.25, 0.3) is 0 Å². The van der Waals surface area contributed by atoms with Crippen molar-refractivity contribution >= 4 is 0 Å². The topological polar surface area (TPSA) is 53.7 Å². The highest BCUT2D eigenvalue weighted by Gasteiger charge is 2.15. The van der Waals surface area contributed by atoms with Crippen LogP contribution in [-0.4, -0.2) is 27.4 Å². The molecule has 90 valence electrons. The molecule has 0 bridgehead atoms. The molecule has 1 atom stereocenters. The summed E-state index contributed by atoms with van der Waals surface area (Å²) in [5.41, 5.74) is 6.61. The Morgan fingerprint density at radius 3 is 2.50 bits per heavy atom. The van der Waals surface area contributed by atoms with Gasteiger partial charge in [0, 0.05) is 18.7 Å². The minimum atomic E-state index is -0.157. The van der Waals surface area contributed by atoms with Gasteiger partial charge >= 0.3 is 0 Å². The standard InChI is InChI=1S/C12H19NO3/c1-4-16-12(8-13)10-7-9(14-2)5-6-11(10)15-3/h5-7,12H,4,8,13H2,1-3H3/t12-/m0/s1. The van der Waals surface area contributed by atoms with Gasteiger partial charge in [0.2, 0.25) is 0 Å². The fourth-order valence-electron chi connectivity index (χ4n) is 1.58. The number of rotatable bonds is 6. The van der Waals surface area contributed by atoms with Crippen molar-refractivity contribution in [3.8, 4) is 11.5 Å². The monoisotopic (exact) mass is 225 g/mol. The lowest BCUT2D eigenvalue weighted by molar-refractivity contribution is 0.0668. The van der Waals surface area contributed by atoms with Crippen LogP contribution in [0.1, 0.15) is 18.6 Å². The summed E-state index contributed by atoms with van der Waals surface area (Å²) >= 11 is 0. The van der Waals surface area contributed by atoms with Crippen molar-refractivity contribution in [2.45, 2.75) is 13.0 Å². The number of ether oxygens (including phenoxy) is 3. The molecule has 0 amide bonds. The van der Waals surface area contributed by atoms with E-state index in [0.29, 0.717) is 13.2 Å². The van der Waals surface area contributed by atoms with Crippen molar-refractivity contribution in [3.63, 3.8) is 0 Å². The lowest BCUT2D eigenvalue weighted by Gasteiger charge is -2.18. The molecule has 4 nitrogen and oxygen atoms in total.